The first-order valence-corrected chi connectivity index (χ1v) is 6.11. The maximum atomic E-state index is 4.25. The molecule has 0 aliphatic carbocycles. The molecule has 0 aromatic carbocycles. The number of aromatic nitrogens is 2. The Hall–Kier alpha value is -0.830. The van der Waals surface area contributed by atoms with Gasteiger partial charge in [-0.3, -0.25) is 4.68 Å². The molecule has 1 aromatic rings. The number of rotatable bonds is 4. The molecule has 1 unspecified atom stereocenters. The molecular formula is C12H21N3. The summed E-state index contributed by atoms with van der Waals surface area (Å²) in [5.74, 6) is 0. The van der Waals surface area contributed by atoms with Crippen molar-refractivity contribution in [3.05, 3.63) is 18.5 Å². The maximum absolute atomic E-state index is 4.25. The molecule has 3 nitrogen and oxygen atoms in total. The predicted octanol–water partition coefficient (Wildman–Crippen LogP) is 2.15. The van der Waals surface area contributed by atoms with Gasteiger partial charge in [0.2, 0.25) is 0 Å². The summed E-state index contributed by atoms with van der Waals surface area (Å²) in [5, 5.41) is 4.25. The Kier molecular flexibility index (Phi) is 3.78. The van der Waals surface area contributed by atoms with E-state index in [4.69, 9.17) is 0 Å². The second-order valence-electron chi connectivity index (χ2n) is 4.34. The SMILES string of the molecule is CCN1CCCCC1CCn1cccn1. The molecule has 15 heavy (non-hydrogen) atoms. The van der Waals surface area contributed by atoms with Crippen LogP contribution in [0.5, 0.6) is 0 Å². The van der Waals surface area contributed by atoms with Gasteiger partial charge in [-0.25, -0.2) is 0 Å². The largest absolute Gasteiger partial charge is 0.301 e. The van der Waals surface area contributed by atoms with Gasteiger partial charge >= 0.3 is 0 Å². The minimum atomic E-state index is 0.785. The normalized spacial score (nSPS) is 23.1. The van der Waals surface area contributed by atoms with Gasteiger partial charge in [0.1, 0.15) is 0 Å². The van der Waals surface area contributed by atoms with Crippen LogP contribution < -0.4 is 0 Å². The topological polar surface area (TPSA) is 21.1 Å². The lowest BCUT2D eigenvalue weighted by atomic mass is 9.99. The highest BCUT2D eigenvalue weighted by atomic mass is 15.3. The van der Waals surface area contributed by atoms with E-state index in [0.29, 0.717) is 0 Å². The lowest BCUT2D eigenvalue weighted by molar-refractivity contribution is 0.142. The molecule has 0 bridgehead atoms. The van der Waals surface area contributed by atoms with Gasteiger partial charge in [0.15, 0.2) is 0 Å². The van der Waals surface area contributed by atoms with Crippen molar-refractivity contribution in [3.8, 4) is 0 Å². The number of hydrogen-bond donors (Lipinski definition) is 0. The van der Waals surface area contributed by atoms with Crippen LogP contribution in [0.3, 0.4) is 0 Å². The van der Waals surface area contributed by atoms with E-state index in [1.54, 1.807) is 0 Å². The zero-order valence-electron chi connectivity index (χ0n) is 9.60. The van der Waals surface area contributed by atoms with Gasteiger partial charge in [-0.05, 0) is 38.4 Å². The fraction of sp³-hybridized carbons (Fsp3) is 0.750. The van der Waals surface area contributed by atoms with E-state index >= 15 is 0 Å². The van der Waals surface area contributed by atoms with Crippen LogP contribution in [0, 0.1) is 0 Å². The Bertz CT molecular complexity index is 268. The number of piperidine rings is 1. The van der Waals surface area contributed by atoms with E-state index in [-0.39, 0.29) is 0 Å². The van der Waals surface area contributed by atoms with Gasteiger partial charge in [-0.2, -0.15) is 5.10 Å². The molecule has 0 saturated carbocycles. The van der Waals surface area contributed by atoms with E-state index in [2.05, 4.69) is 23.1 Å². The summed E-state index contributed by atoms with van der Waals surface area (Å²) < 4.78 is 2.04. The summed E-state index contributed by atoms with van der Waals surface area (Å²) >= 11 is 0. The van der Waals surface area contributed by atoms with Gasteiger partial charge in [0, 0.05) is 25.0 Å². The van der Waals surface area contributed by atoms with Gasteiger partial charge in [-0.15, -0.1) is 0 Å². The number of nitrogens with zero attached hydrogens (tertiary/aromatic N) is 3. The molecule has 1 fully saturated rings. The molecule has 1 aromatic heterocycles. The summed E-state index contributed by atoms with van der Waals surface area (Å²) in [5.41, 5.74) is 0. The van der Waals surface area contributed by atoms with E-state index < -0.39 is 0 Å². The van der Waals surface area contributed by atoms with Crippen LogP contribution in [-0.4, -0.2) is 33.8 Å². The molecule has 1 atom stereocenters. The van der Waals surface area contributed by atoms with Crippen molar-refractivity contribution < 1.29 is 0 Å². The summed E-state index contributed by atoms with van der Waals surface area (Å²) in [7, 11) is 0. The molecule has 0 radical (unpaired) electrons. The first-order valence-electron chi connectivity index (χ1n) is 6.11. The predicted molar refractivity (Wildman–Crippen MR) is 61.7 cm³/mol. The molecule has 0 spiro atoms. The van der Waals surface area contributed by atoms with E-state index in [1.807, 2.05) is 16.9 Å². The van der Waals surface area contributed by atoms with Crippen molar-refractivity contribution in [3.63, 3.8) is 0 Å². The van der Waals surface area contributed by atoms with Gasteiger partial charge in [0.25, 0.3) is 0 Å². The third-order valence-corrected chi connectivity index (χ3v) is 3.41. The zero-order chi connectivity index (χ0) is 10.5. The fourth-order valence-corrected chi connectivity index (χ4v) is 2.52. The lowest BCUT2D eigenvalue weighted by Gasteiger charge is -2.34. The Morgan fingerprint density at radius 2 is 2.33 bits per heavy atom. The molecule has 3 heteroatoms. The number of likely N-dealkylation sites (tertiary alicyclic amines) is 1. The average Bonchev–Trinajstić information content (AvgIpc) is 2.79. The molecular weight excluding hydrogens is 186 g/mol. The van der Waals surface area contributed by atoms with Crippen molar-refractivity contribution in [2.45, 2.75) is 45.2 Å². The molecule has 0 amide bonds. The maximum Gasteiger partial charge on any atom is 0.0489 e. The smallest absolute Gasteiger partial charge is 0.0489 e. The third kappa shape index (κ3) is 2.81. The Morgan fingerprint density at radius 1 is 1.40 bits per heavy atom. The van der Waals surface area contributed by atoms with Gasteiger partial charge < -0.3 is 4.90 Å². The van der Waals surface area contributed by atoms with E-state index in [1.165, 1.54) is 38.8 Å². The Labute approximate surface area is 92.1 Å². The van der Waals surface area contributed by atoms with Crippen LogP contribution in [0.1, 0.15) is 32.6 Å². The fourth-order valence-electron chi connectivity index (χ4n) is 2.52. The highest BCUT2D eigenvalue weighted by Crippen LogP contribution is 2.19. The molecule has 2 heterocycles. The summed E-state index contributed by atoms with van der Waals surface area (Å²) in [6, 6.07) is 2.78. The van der Waals surface area contributed by atoms with Crippen LogP contribution in [0.25, 0.3) is 0 Å². The molecule has 84 valence electrons. The highest BCUT2D eigenvalue weighted by molar-refractivity contribution is 4.80. The lowest BCUT2D eigenvalue weighted by Crippen LogP contribution is -2.39. The first-order chi connectivity index (χ1) is 7.40. The summed E-state index contributed by atoms with van der Waals surface area (Å²) in [6.45, 7) is 5.82. The standard InChI is InChI=1S/C12H21N3/c1-2-14-9-4-3-6-12(14)7-11-15-10-5-8-13-15/h5,8,10,12H,2-4,6-7,9,11H2,1H3. The average molecular weight is 207 g/mol. The molecule has 1 aliphatic rings. The Morgan fingerprint density at radius 3 is 3.07 bits per heavy atom. The first kappa shape index (κ1) is 10.7. The quantitative estimate of drug-likeness (QED) is 0.754. The Balaban J connectivity index is 1.81. The molecule has 1 aliphatic heterocycles. The minimum Gasteiger partial charge on any atom is -0.301 e. The van der Waals surface area contributed by atoms with Crippen molar-refractivity contribution in [2.24, 2.45) is 0 Å². The number of aryl methyl sites for hydroxylation is 1. The van der Waals surface area contributed by atoms with Crippen LogP contribution in [0.15, 0.2) is 18.5 Å². The van der Waals surface area contributed by atoms with Gasteiger partial charge in [-0.1, -0.05) is 13.3 Å². The van der Waals surface area contributed by atoms with Crippen LogP contribution in [0.4, 0.5) is 0 Å². The minimum absolute atomic E-state index is 0.785. The second-order valence-corrected chi connectivity index (χ2v) is 4.34. The molecule has 1 saturated heterocycles. The summed E-state index contributed by atoms with van der Waals surface area (Å²) in [4.78, 5) is 2.62. The zero-order valence-corrected chi connectivity index (χ0v) is 9.60. The second kappa shape index (κ2) is 5.31. The van der Waals surface area contributed by atoms with E-state index in [0.717, 1.165) is 12.6 Å². The van der Waals surface area contributed by atoms with Crippen LogP contribution in [0.2, 0.25) is 0 Å². The van der Waals surface area contributed by atoms with Crippen molar-refractivity contribution in [1.82, 2.24) is 14.7 Å². The van der Waals surface area contributed by atoms with Crippen molar-refractivity contribution in [2.75, 3.05) is 13.1 Å². The molecule has 0 N–H and O–H groups in total. The number of hydrogen-bond acceptors (Lipinski definition) is 2. The molecule has 2 rings (SSSR count). The van der Waals surface area contributed by atoms with Gasteiger partial charge in [0.05, 0.1) is 0 Å². The highest BCUT2D eigenvalue weighted by Gasteiger charge is 2.20. The van der Waals surface area contributed by atoms with Crippen LogP contribution in [-0.2, 0) is 6.54 Å². The van der Waals surface area contributed by atoms with Crippen molar-refractivity contribution >= 4 is 0 Å². The summed E-state index contributed by atoms with van der Waals surface area (Å²) in [6.07, 6.45) is 9.31. The van der Waals surface area contributed by atoms with Crippen molar-refractivity contribution in [1.29, 1.82) is 0 Å². The monoisotopic (exact) mass is 207 g/mol. The van der Waals surface area contributed by atoms with E-state index in [9.17, 15) is 0 Å². The third-order valence-electron chi connectivity index (χ3n) is 3.41. The van der Waals surface area contributed by atoms with Crippen LogP contribution >= 0.6 is 0 Å².